The van der Waals surface area contributed by atoms with Crippen molar-refractivity contribution in [2.24, 2.45) is 0 Å². The molecule has 0 saturated carbocycles. The molecule has 3 heterocycles. The van der Waals surface area contributed by atoms with E-state index < -0.39 is 11.7 Å². The molecule has 4 rings (SSSR count). The van der Waals surface area contributed by atoms with Gasteiger partial charge in [0.05, 0.1) is 30.2 Å². The highest BCUT2D eigenvalue weighted by Gasteiger charge is 2.34. The van der Waals surface area contributed by atoms with Crippen molar-refractivity contribution >= 4 is 11.6 Å². The Morgan fingerprint density at radius 3 is 2.52 bits per heavy atom. The minimum Gasteiger partial charge on any atom is -0.378 e. The lowest BCUT2D eigenvalue weighted by atomic mass is 10.1. The summed E-state index contributed by atoms with van der Waals surface area (Å²) < 4.78 is 48.2. The van der Waals surface area contributed by atoms with Crippen molar-refractivity contribution in [3.8, 4) is 5.69 Å². The maximum absolute atomic E-state index is 13.8. The van der Waals surface area contributed by atoms with Gasteiger partial charge in [0, 0.05) is 31.4 Å². The number of alkyl halides is 3. The Morgan fingerprint density at radius 1 is 1.06 bits per heavy atom. The number of anilines is 2. The SMILES string of the molecule is Cc1cc(C)n(-c2ccc(CNc3cc(N4CCOCC4)ncn3)c(C(F)(F)F)c2)n1. The minimum absolute atomic E-state index is 0.0220. The first-order valence-electron chi connectivity index (χ1n) is 9.93. The molecule has 0 aliphatic carbocycles. The van der Waals surface area contributed by atoms with Crippen molar-refractivity contribution in [2.45, 2.75) is 26.6 Å². The van der Waals surface area contributed by atoms with Gasteiger partial charge in [0.15, 0.2) is 0 Å². The number of benzene rings is 1. The van der Waals surface area contributed by atoms with Gasteiger partial charge >= 0.3 is 6.18 Å². The maximum Gasteiger partial charge on any atom is 0.416 e. The Morgan fingerprint density at radius 2 is 1.84 bits per heavy atom. The Kier molecular flexibility index (Phi) is 5.81. The first kappa shape index (κ1) is 21.1. The number of aryl methyl sites for hydroxylation is 2. The van der Waals surface area contributed by atoms with Gasteiger partial charge in [0.1, 0.15) is 18.0 Å². The number of nitrogens with one attached hydrogen (secondary N) is 1. The van der Waals surface area contributed by atoms with Gasteiger partial charge in [-0.05, 0) is 37.6 Å². The minimum atomic E-state index is -4.49. The molecule has 1 aromatic carbocycles. The van der Waals surface area contributed by atoms with E-state index in [1.165, 1.54) is 17.1 Å². The van der Waals surface area contributed by atoms with E-state index in [-0.39, 0.29) is 12.1 Å². The van der Waals surface area contributed by atoms with Crippen LogP contribution >= 0.6 is 0 Å². The van der Waals surface area contributed by atoms with E-state index in [1.807, 2.05) is 13.0 Å². The lowest BCUT2D eigenvalue weighted by Gasteiger charge is -2.27. The highest BCUT2D eigenvalue weighted by Crippen LogP contribution is 2.34. The molecule has 3 aromatic rings. The third-order valence-corrected chi connectivity index (χ3v) is 5.10. The monoisotopic (exact) mass is 432 g/mol. The summed E-state index contributed by atoms with van der Waals surface area (Å²) in [6.45, 7) is 6.24. The van der Waals surface area contributed by atoms with Crippen LogP contribution in [0.15, 0.2) is 36.7 Å². The predicted molar refractivity (Wildman–Crippen MR) is 110 cm³/mol. The van der Waals surface area contributed by atoms with Crippen LogP contribution in [0.5, 0.6) is 0 Å². The molecule has 164 valence electrons. The molecule has 0 unspecified atom stereocenters. The Hall–Kier alpha value is -3.14. The lowest BCUT2D eigenvalue weighted by Crippen LogP contribution is -2.36. The van der Waals surface area contributed by atoms with Crippen molar-refractivity contribution in [3.05, 3.63) is 59.2 Å². The summed E-state index contributed by atoms with van der Waals surface area (Å²) in [5.74, 6) is 1.18. The fourth-order valence-electron chi connectivity index (χ4n) is 3.60. The van der Waals surface area contributed by atoms with Crippen LogP contribution in [0, 0.1) is 13.8 Å². The summed E-state index contributed by atoms with van der Waals surface area (Å²) in [6, 6.07) is 7.82. The molecular weight excluding hydrogens is 409 g/mol. The Labute approximate surface area is 177 Å². The quantitative estimate of drug-likeness (QED) is 0.663. The van der Waals surface area contributed by atoms with Crippen LogP contribution < -0.4 is 10.2 Å². The molecule has 0 amide bonds. The molecule has 7 nitrogen and oxygen atoms in total. The molecule has 0 spiro atoms. The van der Waals surface area contributed by atoms with Gasteiger partial charge in [-0.15, -0.1) is 0 Å². The summed E-state index contributed by atoms with van der Waals surface area (Å²) in [6.07, 6.45) is -3.09. The molecule has 1 aliphatic rings. The summed E-state index contributed by atoms with van der Waals surface area (Å²) in [4.78, 5) is 10.5. The fourth-order valence-corrected chi connectivity index (χ4v) is 3.60. The number of nitrogens with zero attached hydrogens (tertiary/aromatic N) is 5. The number of hydrogen-bond donors (Lipinski definition) is 1. The molecule has 1 fully saturated rings. The first-order valence-corrected chi connectivity index (χ1v) is 9.93. The second kappa shape index (κ2) is 8.54. The third-order valence-electron chi connectivity index (χ3n) is 5.10. The molecule has 0 radical (unpaired) electrons. The van der Waals surface area contributed by atoms with Gasteiger partial charge < -0.3 is 15.0 Å². The smallest absolute Gasteiger partial charge is 0.378 e. The van der Waals surface area contributed by atoms with Crippen LogP contribution in [-0.4, -0.2) is 46.1 Å². The van der Waals surface area contributed by atoms with Crippen LogP contribution in [0.2, 0.25) is 0 Å². The van der Waals surface area contributed by atoms with Gasteiger partial charge in [0.25, 0.3) is 0 Å². The fraction of sp³-hybridized carbons (Fsp3) is 0.381. The molecule has 1 N–H and O–H groups in total. The van der Waals surface area contributed by atoms with Crippen molar-refractivity contribution in [3.63, 3.8) is 0 Å². The summed E-state index contributed by atoms with van der Waals surface area (Å²) in [5, 5.41) is 7.28. The average molecular weight is 432 g/mol. The van der Waals surface area contributed by atoms with Crippen LogP contribution in [0.1, 0.15) is 22.5 Å². The number of halogens is 3. The summed E-state index contributed by atoms with van der Waals surface area (Å²) in [7, 11) is 0. The number of hydrogen-bond acceptors (Lipinski definition) is 6. The van der Waals surface area contributed by atoms with Gasteiger partial charge in [-0.1, -0.05) is 6.07 Å². The van der Waals surface area contributed by atoms with Crippen LogP contribution in [0.3, 0.4) is 0 Å². The van der Waals surface area contributed by atoms with E-state index in [0.29, 0.717) is 37.8 Å². The topological polar surface area (TPSA) is 68.1 Å². The third kappa shape index (κ3) is 4.79. The summed E-state index contributed by atoms with van der Waals surface area (Å²) >= 11 is 0. The van der Waals surface area contributed by atoms with Crippen molar-refractivity contribution < 1.29 is 17.9 Å². The van der Waals surface area contributed by atoms with Gasteiger partial charge in [-0.2, -0.15) is 18.3 Å². The number of aromatic nitrogens is 4. The molecule has 0 atom stereocenters. The number of rotatable bonds is 5. The lowest BCUT2D eigenvalue weighted by molar-refractivity contribution is -0.138. The van der Waals surface area contributed by atoms with Gasteiger partial charge in [-0.25, -0.2) is 14.6 Å². The first-order chi connectivity index (χ1) is 14.8. The second-order valence-corrected chi connectivity index (χ2v) is 7.39. The molecular formula is C21H23F3N6O. The largest absolute Gasteiger partial charge is 0.416 e. The molecule has 1 aliphatic heterocycles. The standard InChI is InChI=1S/C21H23F3N6O/c1-14-9-15(2)30(28-14)17-4-3-16(18(10-17)21(22,23)24)12-25-19-11-20(27-13-26-19)29-5-7-31-8-6-29/h3-4,9-11,13H,5-8,12H2,1-2H3,(H,25,26,27). The highest BCUT2D eigenvalue weighted by atomic mass is 19.4. The van der Waals surface area contributed by atoms with Gasteiger partial charge in [0.2, 0.25) is 0 Å². The summed E-state index contributed by atoms with van der Waals surface area (Å²) in [5.41, 5.74) is 1.32. The van der Waals surface area contributed by atoms with Crippen LogP contribution in [-0.2, 0) is 17.5 Å². The molecule has 0 bridgehead atoms. The number of ether oxygens (including phenoxy) is 1. The molecule has 10 heteroatoms. The van der Waals surface area contributed by atoms with Crippen LogP contribution in [0.25, 0.3) is 5.69 Å². The zero-order chi connectivity index (χ0) is 22.0. The molecule has 1 saturated heterocycles. The van der Waals surface area contributed by atoms with E-state index in [9.17, 15) is 13.2 Å². The Balaban J connectivity index is 1.56. The average Bonchev–Trinajstić information content (AvgIpc) is 3.10. The second-order valence-electron chi connectivity index (χ2n) is 7.39. The van der Waals surface area contributed by atoms with E-state index >= 15 is 0 Å². The van der Waals surface area contributed by atoms with Crippen molar-refractivity contribution in [2.75, 3.05) is 36.5 Å². The molecule has 31 heavy (non-hydrogen) atoms. The zero-order valence-electron chi connectivity index (χ0n) is 17.3. The maximum atomic E-state index is 13.8. The normalized spacial score (nSPS) is 14.7. The van der Waals surface area contributed by atoms with Gasteiger partial charge in [-0.3, -0.25) is 0 Å². The van der Waals surface area contributed by atoms with Crippen LogP contribution in [0.4, 0.5) is 24.8 Å². The van der Waals surface area contributed by atoms with Crippen molar-refractivity contribution in [1.82, 2.24) is 19.7 Å². The zero-order valence-corrected chi connectivity index (χ0v) is 17.3. The van der Waals surface area contributed by atoms with Crippen molar-refractivity contribution in [1.29, 1.82) is 0 Å². The van der Waals surface area contributed by atoms with E-state index in [4.69, 9.17) is 4.74 Å². The van der Waals surface area contributed by atoms with E-state index in [0.717, 1.165) is 23.3 Å². The molecule has 2 aromatic heterocycles. The van der Waals surface area contributed by atoms with E-state index in [2.05, 4.69) is 25.3 Å². The number of morpholine rings is 1. The van der Waals surface area contributed by atoms with E-state index in [1.54, 1.807) is 19.1 Å². The Bertz CT molecular complexity index is 1060. The predicted octanol–water partition coefficient (Wildman–Crippen LogP) is 3.75. The highest BCUT2D eigenvalue weighted by molar-refractivity contribution is 5.50.